The Kier molecular flexibility index (Phi) is 3.33. The first-order valence-electron chi connectivity index (χ1n) is 5.75. The molecule has 0 aliphatic carbocycles. The van der Waals surface area contributed by atoms with Crippen molar-refractivity contribution in [3.8, 4) is 6.07 Å². The number of hydrogen-bond donors (Lipinski definition) is 1. The molecule has 1 heterocycles. The third-order valence-corrected chi connectivity index (χ3v) is 2.84. The highest BCUT2D eigenvalue weighted by atomic mass is 16.3. The minimum atomic E-state index is -0.455. The Balaban J connectivity index is 2.02. The molecule has 0 radical (unpaired) electrons. The molecule has 0 saturated heterocycles. The van der Waals surface area contributed by atoms with Crippen LogP contribution in [0.5, 0.6) is 0 Å². The number of oxazole rings is 1. The lowest BCUT2D eigenvalue weighted by molar-refractivity contribution is 0.512. The molecule has 0 fully saturated rings. The number of benzene rings is 1. The zero-order valence-electron chi connectivity index (χ0n) is 10.5. The highest BCUT2D eigenvalue weighted by Gasteiger charge is 2.18. The Labute approximate surface area is 106 Å². The van der Waals surface area contributed by atoms with Crippen LogP contribution in [0.25, 0.3) is 0 Å². The fraction of sp³-hybridized carbons (Fsp3) is 0.286. The Bertz CT molecular complexity index is 535. The maximum absolute atomic E-state index is 9.06. The summed E-state index contributed by atoms with van der Waals surface area (Å²) in [5, 5.41) is 12.3. The van der Waals surface area contributed by atoms with E-state index < -0.39 is 5.41 Å². The van der Waals surface area contributed by atoms with E-state index in [1.807, 2.05) is 38.1 Å². The van der Waals surface area contributed by atoms with Gasteiger partial charge in [0.25, 0.3) is 0 Å². The average Bonchev–Trinajstić information content (AvgIpc) is 2.90. The molecule has 2 aromatic rings. The van der Waals surface area contributed by atoms with Crippen molar-refractivity contribution in [2.75, 3.05) is 5.32 Å². The van der Waals surface area contributed by atoms with E-state index in [9.17, 15) is 0 Å². The van der Waals surface area contributed by atoms with Crippen LogP contribution in [0.3, 0.4) is 0 Å². The Morgan fingerprint density at radius 1 is 1.33 bits per heavy atom. The number of anilines is 1. The highest BCUT2D eigenvalue weighted by molar-refractivity contribution is 5.47. The van der Waals surface area contributed by atoms with E-state index in [-0.39, 0.29) is 0 Å². The van der Waals surface area contributed by atoms with Crippen LogP contribution in [0.1, 0.15) is 25.2 Å². The first kappa shape index (κ1) is 12.2. The molecule has 4 heteroatoms. The normalized spacial score (nSPS) is 10.9. The second-order valence-corrected chi connectivity index (χ2v) is 4.64. The molecule has 18 heavy (non-hydrogen) atoms. The molecule has 0 unspecified atom stereocenters. The standard InChI is InChI=1S/C14H15N3O/c1-14(2,9-15)11-3-5-12(6-4-11)17-8-13-7-16-10-18-13/h3-7,10,17H,8H2,1-2H3. The second-order valence-electron chi connectivity index (χ2n) is 4.64. The van der Waals surface area contributed by atoms with Gasteiger partial charge in [0.1, 0.15) is 5.76 Å². The molecule has 1 N–H and O–H groups in total. The Morgan fingerprint density at radius 2 is 2.06 bits per heavy atom. The van der Waals surface area contributed by atoms with Gasteiger partial charge in [0.15, 0.2) is 6.39 Å². The van der Waals surface area contributed by atoms with Gasteiger partial charge in [0.05, 0.1) is 24.2 Å². The van der Waals surface area contributed by atoms with Gasteiger partial charge in [-0.25, -0.2) is 4.98 Å². The molecule has 1 aromatic heterocycles. The number of nitriles is 1. The lowest BCUT2D eigenvalue weighted by Crippen LogP contribution is -2.13. The van der Waals surface area contributed by atoms with E-state index in [1.165, 1.54) is 6.39 Å². The number of nitrogens with one attached hydrogen (secondary N) is 1. The molecular weight excluding hydrogens is 226 g/mol. The maximum atomic E-state index is 9.06. The third-order valence-electron chi connectivity index (χ3n) is 2.84. The molecule has 4 nitrogen and oxygen atoms in total. The Morgan fingerprint density at radius 3 is 2.61 bits per heavy atom. The number of hydrogen-bond acceptors (Lipinski definition) is 4. The van der Waals surface area contributed by atoms with Gasteiger partial charge in [-0.2, -0.15) is 5.26 Å². The largest absolute Gasteiger partial charge is 0.447 e. The van der Waals surface area contributed by atoms with Crippen molar-refractivity contribution in [3.63, 3.8) is 0 Å². The zero-order valence-corrected chi connectivity index (χ0v) is 10.5. The molecule has 92 valence electrons. The van der Waals surface area contributed by atoms with E-state index in [0.717, 1.165) is 17.0 Å². The fourth-order valence-corrected chi connectivity index (χ4v) is 1.59. The van der Waals surface area contributed by atoms with Crippen LogP contribution in [0.15, 0.2) is 41.3 Å². The second kappa shape index (κ2) is 4.92. The molecule has 0 atom stereocenters. The number of aromatic nitrogens is 1. The van der Waals surface area contributed by atoms with Gasteiger partial charge in [-0.1, -0.05) is 12.1 Å². The fourth-order valence-electron chi connectivity index (χ4n) is 1.59. The van der Waals surface area contributed by atoms with Gasteiger partial charge < -0.3 is 9.73 Å². The third kappa shape index (κ3) is 2.69. The predicted molar refractivity (Wildman–Crippen MR) is 68.9 cm³/mol. The first-order valence-corrected chi connectivity index (χ1v) is 5.75. The van der Waals surface area contributed by atoms with E-state index in [1.54, 1.807) is 6.20 Å². The van der Waals surface area contributed by atoms with Gasteiger partial charge >= 0.3 is 0 Å². The summed E-state index contributed by atoms with van der Waals surface area (Å²) >= 11 is 0. The van der Waals surface area contributed by atoms with Crippen molar-refractivity contribution in [1.29, 1.82) is 5.26 Å². The summed E-state index contributed by atoms with van der Waals surface area (Å²) in [6.07, 6.45) is 3.09. The minimum absolute atomic E-state index is 0.455. The quantitative estimate of drug-likeness (QED) is 0.893. The van der Waals surface area contributed by atoms with Crippen LogP contribution in [-0.4, -0.2) is 4.98 Å². The first-order chi connectivity index (χ1) is 8.62. The van der Waals surface area contributed by atoms with Crippen molar-refractivity contribution < 1.29 is 4.42 Å². The summed E-state index contributed by atoms with van der Waals surface area (Å²) in [4.78, 5) is 3.85. The summed E-state index contributed by atoms with van der Waals surface area (Å²) in [5.41, 5.74) is 1.54. The van der Waals surface area contributed by atoms with Gasteiger partial charge in [-0.3, -0.25) is 0 Å². The van der Waals surface area contributed by atoms with E-state index >= 15 is 0 Å². The minimum Gasteiger partial charge on any atom is -0.447 e. The molecule has 0 aliphatic rings. The molecule has 1 aromatic carbocycles. The van der Waals surface area contributed by atoms with Crippen LogP contribution < -0.4 is 5.32 Å². The average molecular weight is 241 g/mol. The van der Waals surface area contributed by atoms with E-state index in [4.69, 9.17) is 9.68 Å². The van der Waals surface area contributed by atoms with Crippen molar-refractivity contribution in [2.45, 2.75) is 25.8 Å². The van der Waals surface area contributed by atoms with Crippen molar-refractivity contribution in [3.05, 3.63) is 48.2 Å². The maximum Gasteiger partial charge on any atom is 0.180 e. The molecular formula is C14H15N3O. The SMILES string of the molecule is CC(C)(C#N)c1ccc(NCc2cnco2)cc1. The molecule has 0 spiro atoms. The lowest BCUT2D eigenvalue weighted by Gasteiger charge is -2.16. The summed E-state index contributed by atoms with van der Waals surface area (Å²) in [6, 6.07) is 10.1. The van der Waals surface area contributed by atoms with Gasteiger partial charge in [0, 0.05) is 5.69 Å². The molecule has 0 saturated carbocycles. The van der Waals surface area contributed by atoms with Crippen molar-refractivity contribution in [1.82, 2.24) is 4.98 Å². The van der Waals surface area contributed by atoms with Crippen LogP contribution in [-0.2, 0) is 12.0 Å². The highest BCUT2D eigenvalue weighted by Crippen LogP contribution is 2.23. The van der Waals surface area contributed by atoms with Crippen LogP contribution in [0.2, 0.25) is 0 Å². The Hall–Kier alpha value is -2.28. The summed E-state index contributed by atoms with van der Waals surface area (Å²) < 4.78 is 5.13. The number of rotatable bonds is 4. The van der Waals surface area contributed by atoms with Crippen molar-refractivity contribution >= 4 is 5.69 Å². The monoisotopic (exact) mass is 241 g/mol. The van der Waals surface area contributed by atoms with Crippen LogP contribution in [0, 0.1) is 11.3 Å². The zero-order chi connectivity index (χ0) is 13.0. The molecule has 2 rings (SSSR count). The smallest absolute Gasteiger partial charge is 0.180 e. The van der Waals surface area contributed by atoms with Gasteiger partial charge in [0.2, 0.25) is 0 Å². The van der Waals surface area contributed by atoms with E-state index in [2.05, 4.69) is 16.4 Å². The van der Waals surface area contributed by atoms with Crippen LogP contribution in [0.4, 0.5) is 5.69 Å². The molecule has 0 bridgehead atoms. The summed E-state index contributed by atoms with van der Waals surface area (Å²) in [7, 11) is 0. The topological polar surface area (TPSA) is 61.9 Å². The van der Waals surface area contributed by atoms with Crippen molar-refractivity contribution in [2.24, 2.45) is 0 Å². The van der Waals surface area contributed by atoms with Crippen LogP contribution >= 0.6 is 0 Å². The van der Waals surface area contributed by atoms with Gasteiger partial charge in [-0.05, 0) is 31.5 Å². The predicted octanol–water partition coefficient (Wildman–Crippen LogP) is 3.09. The van der Waals surface area contributed by atoms with Gasteiger partial charge in [-0.15, -0.1) is 0 Å². The molecule has 0 aliphatic heterocycles. The van der Waals surface area contributed by atoms with E-state index in [0.29, 0.717) is 6.54 Å². The number of nitrogens with zero attached hydrogens (tertiary/aromatic N) is 2. The molecule has 0 amide bonds. The lowest BCUT2D eigenvalue weighted by atomic mass is 9.86. The summed E-state index contributed by atoms with van der Waals surface area (Å²) in [6.45, 7) is 4.41. The summed E-state index contributed by atoms with van der Waals surface area (Å²) in [5.74, 6) is 0.788.